The van der Waals surface area contributed by atoms with Crippen molar-refractivity contribution in [3.63, 3.8) is 0 Å². The van der Waals surface area contributed by atoms with Crippen molar-refractivity contribution in [2.45, 2.75) is 38.8 Å². The Morgan fingerprint density at radius 2 is 1.96 bits per heavy atom. The third-order valence-electron chi connectivity index (χ3n) is 4.48. The van der Waals surface area contributed by atoms with Gasteiger partial charge < -0.3 is 14.8 Å². The van der Waals surface area contributed by atoms with Crippen LogP contribution in [0.5, 0.6) is 11.5 Å². The molecule has 1 aliphatic rings. The molecule has 1 heterocycles. The van der Waals surface area contributed by atoms with Crippen molar-refractivity contribution in [1.29, 1.82) is 0 Å². The molecule has 0 fully saturated rings. The van der Waals surface area contributed by atoms with Gasteiger partial charge in [-0.15, -0.1) is 0 Å². The lowest BCUT2D eigenvalue weighted by atomic mass is 9.89. The first kappa shape index (κ1) is 18.1. The summed E-state index contributed by atoms with van der Waals surface area (Å²) >= 11 is 0. The molecular weight excluding hydrogens is 326 g/mol. The first-order valence-electron chi connectivity index (χ1n) is 8.78. The molecule has 0 spiro atoms. The molecule has 1 aliphatic heterocycles. The average molecular weight is 351 g/mol. The Kier molecular flexibility index (Phi) is 5.03. The van der Waals surface area contributed by atoms with E-state index in [-0.39, 0.29) is 17.6 Å². The fraction of sp³-hybridized carbons (Fsp3) is 0.318. The topological polar surface area (TPSA) is 47.6 Å². The molecule has 4 nitrogen and oxygen atoms in total. The van der Waals surface area contributed by atoms with Gasteiger partial charge in [0.1, 0.15) is 17.1 Å². The van der Waals surface area contributed by atoms with Crippen LogP contribution in [-0.4, -0.2) is 18.6 Å². The van der Waals surface area contributed by atoms with Gasteiger partial charge in [0.25, 0.3) is 0 Å². The van der Waals surface area contributed by atoms with Crippen LogP contribution in [0.4, 0.5) is 0 Å². The summed E-state index contributed by atoms with van der Waals surface area (Å²) in [6.07, 6.45) is 4.10. The molecular formula is C22H25NO3. The van der Waals surface area contributed by atoms with Crippen LogP contribution in [0.15, 0.2) is 48.5 Å². The highest BCUT2D eigenvalue weighted by molar-refractivity contribution is 5.92. The second-order valence-electron chi connectivity index (χ2n) is 7.27. The summed E-state index contributed by atoms with van der Waals surface area (Å²) in [4.78, 5) is 12.5. The second-order valence-corrected chi connectivity index (χ2v) is 7.27. The van der Waals surface area contributed by atoms with Gasteiger partial charge in [-0.3, -0.25) is 4.79 Å². The molecule has 0 saturated heterocycles. The second kappa shape index (κ2) is 7.24. The fourth-order valence-corrected chi connectivity index (χ4v) is 3.21. The van der Waals surface area contributed by atoms with E-state index in [1.54, 1.807) is 19.3 Å². The minimum Gasteiger partial charge on any atom is -0.497 e. The first-order valence-corrected chi connectivity index (χ1v) is 8.78. The number of nitrogens with one attached hydrogen (secondary N) is 1. The number of aryl methyl sites for hydroxylation is 1. The van der Waals surface area contributed by atoms with Crippen LogP contribution in [0.1, 0.15) is 43.0 Å². The Morgan fingerprint density at radius 3 is 2.65 bits per heavy atom. The number of benzene rings is 2. The Morgan fingerprint density at radius 1 is 1.23 bits per heavy atom. The first-order chi connectivity index (χ1) is 12.4. The Balaban J connectivity index is 1.74. The van der Waals surface area contributed by atoms with Crippen molar-refractivity contribution < 1.29 is 14.3 Å². The summed E-state index contributed by atoms with van der Waals surface area (Å²) < 4.78 is 11.2. The van der Waals surface area contributed by atoms with Gasteiger partial charge in [-0.1, -0.05) is 29.8 Å². The van der Waals surface area contributed by atoms with Crippen molar-refractivity contribution in [3.8, 4) is 11.5 Å². The fourth-order valence-electron chi connectivity index (χ4n) is 3.21. The smallest absolute Gasteiger partial charge is 0.244 e. The van der Waals surface area contributed by atoms with Crippen molar-refractivity contribution >= 4 is 12.0 Å². The van der Waals surface area contributed by atoms with Crippen LogP contribution >= 0.6 is 0 Å². The van der Waals surface area contributed by atoms with Gasteiger partial charge in [-0.05, 0) is 50.6 Å². The third kappa shape index (κ3) is 4.26. The summed E-state index contributed by atoms with van der Waals surface area (Å²) in [6, 6.07) is 13.6. The zero-order valence-corrected chi connectivity index (χ0v) is 15.7. The molecule has 0 aliphatic carbocycles. The van der Waals surface area contributed by atoms with Crippen LogP contribution in [0, 0.1) is 6.92 Å². The minimum absolute atomic E-state index is 0.0679. The number of carbonyl (C=O) groups is 1. The molecule has 4 heteroatoms. The van der Waals surface area contributed by atoms with Gasteiger partial charge in [-0.2, -0.15) is 0 Å². The highest BCUT2D eigenvalue weighted by atomic mass is 16.5. The van der Waals surface area contributed by atoms with E-state index in [2.05, 4.69) is 11.4 Å². The maximum Gasteiger partial charge on any atom is 0.244 e. The van der Waals surface area contributed by atoms with Gasteiger partial charge in [0.2, 0.25) is 5.91 Å². The van der Waals surface area contributed by atoms with Crippen LogP contribution in [-0.2, 0) is 4.79 Å². The molecule has 2 aromatic rings. The highest BCUT2D eigenvalue weighted by Gasteiger charge is 2.34. The van der Waals surface area contributed by atoms with Gasteiger partial charge >= 0.3 is 0 Å². The van der Waals surface area contributed by atoms with Crippen molar-refractivity contribution in [2.75, 3.05) is 7.11 Å². The number of fused-ring (bicyclic) bond motifs is 1. The van der Waals surface area contributed by atoms with Crippen LogP contribution < -0.4 is 14.8 Å². The molecule has 0 saturated carbocycles. The number of ether oxygens (including phenoxy) is 2. The monoisotopic (exact) mass is 351 g/mol. The van der Waals surface area contributed by atoms with Crippen LogP contribution in [0.3, 0.4) is 0 Å². The van der Waals surface area contributed by atoms with Gasteiger partial charge in [0.15, 0.2) is 0 Å². The number of hydrogen-bond donors (Lipinski definition) is 1. The lowest BCUT2D eigenvalue weighted by Crippen LogP contribution is -2.41. The summed E-state index contributed by atoms with van der Waals surface area (Å²) in [5.74, 6) is 1.52. The normalized spacial score (nSPS) is 18.1. The quantitative estimate of drug-likeness (QED) is 0.829. The molecule has 0 bridgehead atoms. The molecule has 0 radical (unpaired) electrons. The number of hydrogen-bond acceptors (Lipinski definition) is 3. The molecule has 136 valence electrons. The zero-order valence-electron chi connectivity index (χ0n) is 15.7. The summed E-state index contributed by atoms with van der Waals surface area (Å²) in [5, 5.41) is 3.12. The van der Waals surface area contributed by atoms with Crippen molar-refractivity contribution in [3.05, 3.63) is 65.2 Å². The molecule has 1 atom stereocenters. The van der Waals surface area contributed by atoms with E-state index in [0.29, 0.717) is 0 Å². The van der Waals surface area contributed by atoms with E-state index in [4.69, 9.17) is 9.47 Å². The number of methoxy groups -OCH3 is 1. The standard InChI is InChI=1S/C22H25NO3/c1-15-5-11-20-18(13-15)19(14-22(2,3)26-20)23-21(24)12-8-16-6-9-17(25-4)10-7-16/h5-13,19H,14H2,1-4H3,(H,23,24)/b12-8+. The Labute approximate surface area is 154 Å². The molecule has 1 N–H and O–H groups in total. The van der Waals surface area contributed by atoms with Crippen LogP contribution in [0.25, 0.3) is 6.08 Å². The maximum absolute atomic E-state index is 12.5. The van der Waals surface area contributed by atoms with E-state index >= 15 is 0 Å². The molecule has 0 aromatic heterocycles. The van der Waals surface area contributed by atoms with E-state index in [0.717, 1.165) is 34.6 Å². The molecule has 1 amide bonds. The van der Waals surface area contributed by atoms with E-state index in [1.807, 2.05) is 57.2 Å². The summed E-state index contributed by atoms with van der Waals surface area (Å²) in [6.45, 7) is 6.13. The van der Waals surface area contributed by atoms with Crippen molar-refractivity contribution in [2.24, 2.45) is 0 Å². The van der Waals surface area contributed by atoms with E-state index in [9.17, 15) is 4.79 Å². The zero-order chi connectivity index (χ0) is 18.7. The minimum atomic E-state index is -0.320. The molecule has 1 unspecified atom stereocenters. The summed E-state index contributed by atoms with van der Waals surface area (Å²) in [5.41, 5.74) is 2.82. The van der Waals surface area contributed by atoms with E-state index in [1.165, 1.54) is 0 Å². The van der Waals surface area contributed by atoms with Crippen molar-refractivity contribution in [1.82, 2.24) is 5.32 Å². The molecule has 26 heavy (non-hydrogen) atoms. The lowest BCUT2D eigenvalue weighted by molar-refractivity contribution is -0.117. The Bertz CT molecular complexity index is 822. The van der Waals surface area contributed by atoms with Gasteiger partial charge in [0.05, 0.1) is 13.2 Å². The predicted octanol–water partition coefficient (Wildman–Crippen LogP) is 4.44. The third-order valence-corrected chi connectivity index (χ3v) is 4.48. The highest BCUT2D eigenvalue weighted by Crippen LogP contribution is 2.39. The Hall–Kier alpha value is -2.75. The van der Waals surface area contributed by atoms with Gasteiger partial charge in [-0.25, -0.2) is 0 Å². The SMILES string of the molecule is COc1ccc(/C=C/C(=O)NC2CC(C)(C)Oc3ccc(C)cc32)cc1. The predicted molar refractivity (Wildman–Crippen MR) is 103 cm³/mol. The molecule has 2 aromatic carbocycles. The molecule has 3 rings (SSSR count). The number of rotatable bonds is 4. The number of amides is 1. The van der Waals surface area contributed by atoms with Gasteiger partial charge in [0, 0.05) is 18.1 Å². The number of carbonyl (C=O) groups excluding carboxylic acids is 1. The largest absolute Gasteiger partial charge is 0.497 e. The maximum atomic E-state index is 12.5. The van der Waals surface area contributed by atoms with E-state index < -0.39 is 0 Å². The lowest BCUT2D eigenvalue weighted by Gasteiger charge is -2.38. The van der Waals surface area contributed by atoms with Crippen LogP contribution in [0.2, 0.25) is 0 Å². The average Bonchev–Trinajstić information content (AvgIpc) is 2.60. The summed E-state index contributed by atoms with van der Waals surface area (Å²) in [7, 11) is 1.63.